The Labute approximate surface area is 200 Å². The zero-order valence-corrected chi connectivity index (χ0v) is 19.4. The predicted octanol–water partition coefficient (Wildman–Crippen LogP) is 2.57. The molecular formula is C23H27F2N9O. The van der Waals surface area contributed by atoms with Crippen LogP contribution in [-0.2, 0) is 11.3 Å². The first kappa shape index (κ1) is 22.1. The fourth-order valence-electron chi connectivity index (χ4n) is 4.97. The van der Waals surface area contributed by atoms with Gasteiger partial charge in [0.15, 0.2) is 11.5 Å². The lowest BCUT2D eigenvalue weighted by Crippen LogP contribution is -2.53. The van der Waals surface area contributed by atoms with E-state index in [1.54, 1.807) is 23.7 Å². The number of anilines is 2. The molecule has 0 spiro atoms. The Morgan fingerprint density at radius 3 is 2.66 bits per heavy atom. The Hall–Kier alpha value is -3.38. The number of fused-ring (bicyclic) bond motifs is 2. The van der Waals surface area contributed by atoms with Crippen molar-refractivity contribution in [2.75, 3.05) is 37.4 Å². The zero-order valence-electron chi connectivity index (χ0n) is 19.4. The average Bonchev–Trinajstić information content (AvgIpc) is 3.35. The number of hydrogen-bond donors (Lipinski definition) is 2. The van der Waals surface area contributed by atoms with E-state index in [2.05, 4.69) is 30.3 Å². The van der Waals surface area contributed by atoms with E-state index in [4.69, 9.17) is 10.5 Å². The van der Waals surface area contributed by atoms with Gasteiger partial charge in [-0.25, -0.2) is 23.3 Å². The Balaban J connectivity index is 1.26. The number of likely N-dealkylation sites (tertiary alicyclic amines) is 1. The minimum absolute atomic E-state index is 0.279. The number of rotatable bonds is 6. The second-order valence-electron chi connectivity index (χ2n) is 9.19. The number of piperidine rings is 1. The molecule has 2 aliphatic rings. The summed E-state index contributed by atoms with van der Waals surface area (Å²) in [5, 5.41) is 8.05. The molecule has 0 aromatic carbocycles. The fraction of sp³-hybridized carbons (Fsp3) is 0.478. The van der Waals surface area contributed by atoms with Gasteiger partial charge in [-0.1, -0.05) is 0 Å². The predicted molar refractivity (Wildman–Crippen MR) is 127 cm³/mol. The molecule has 2 fully saturated rings. The largest absolute Gasteiger partial charge is 0.382 e. The van der Waals surface area contributed by atoms with Crippen LogP contribution in [0.3, 0.4) is 0 Å². The van der Waals surface area contributed by atoms with Gasteiger partial charge < -0.3 is 20.4 Å². The first-order valence-corrected chi connectivity index (χ1v) is 11.8. The van der Waals surface area contributed by atoms with E-state index in [1.807, 2.05) is 12.1 Å². The molecule has 0 amide bonds. The van der Waals surface area contributed by atoms with Crippen molar-refractivity contribution in [3.63, 3.8) is 0 Å². The minimum Gasteiger partial charge on any atom is -0.382 e. The molecule has 4 aromatic heterocycles. The van der Waals surface area contributed by atoms with Gasteiger partial charge in [0.05, 0.1) is 31.5 Å². The van der Waals surface area contributed by atoms with Crippen molar-refractivity contribution >= 4 is 28.4 Å². The van der Waals surface area contributed by atoms with Crippen LogP contribution in [-0.4, -0.2) is 78.8 Å². The Bertz CT molecular complexity index is 1370. The average molecular weight is 484 g/mol. The van der Waals surface area contributed by atoms with E-state index in [0.29, 0.717) is 46.0 Å². The van der Waals surface area contributed by atoms with Crippen molar-refractivity contribution in [2.45, 2.75) is 44.8 Å². The molecule has 12 heteroatoms. The lowest BCUT2D eigenvalue weighted by atomic mass is 10.0. The van der Waals surface area contributed by atoms with Crippen LogP contribution < -0.4 is 11.1 Å². The summed E-state index contributed by atoms with van der Waals surface area (Å²) in [5.74, 6) is 1.31. The summed E-state index contributed by atoms with van der Waals surface area (Å²) in [5.41, 5.74) is 9.30. The van der Waals surface area contributed by atoms with E-state index in [0.717, 1.165) is 44.7 Å². The van der Waals surface area contributed by atoms with Crippen LogP contribution in [0, 0.1) is 6.92 Å². The third kappa shape index (κ3) is 4.06. The quantitative estimate of drug-likeness (QED) is 0.431. The fourth-order valence-corrected chi connectivity index (χ4v) is 4.97. The van der Waals surface area contributed by atoms with Gasteiger partial charge in [0, 0.05) is 30.9 Å². The maximum atomic E-state index is 13.1. The number of nitrogens with zero attached hydrogens (tertiary/aromatic N) is 7. The van der Waals surface area contributed by atoms with Crippen molar-refractivity contribution < 1.29 is 13.5 Å². The maximum Gasteiger partial charge on any atom is 0.256 e. The van der Waals surface area contributed by atoms with Crippen LogP contribution >= 0.6 is 0 Å². The molecule has 4 aromatic rings. The highest BCUT2D eigenvalue weighted by molar-refractivity contribution is 5.88. The van der Waals surface area contributed by atoms with Gasteiger partial charge in [0.2, 0.25) is 5.95 Å². The molecule has 10 nitrogen and oxygen atoms in total. The Morgan fingerprint density at radius 2 is 1.94 bits per heavy atom. The number of alkyl halides is 2. The van der Waals surface area contributed by atoms with Gasteiger partial charge in [-0.15, -0.1) is 5.10 Å². The van der Waals surface area contributed by atoms with Gasteiger partial charge in [-0.2, -0.15) is 4.98 Å². The van der Waals surface area contributed by atoms with E-state index >= 15 is 0 Å². The van der Waals surface area contributed by atoms with Gasteiger partial charge in [0.1, 0.15) is 16.9 Å². The SMILES string of the molecule is Cc1nc2ccc(-c3ccn4nc(NC5CCN(C6COC6)CC5)nc(N)c34)nc2n1CC(F)F. The van der Waals surface area contributed by atoms with Crippen molar-refractivity contribution in [2.24, 2.45) is 0 Å². The van der Waals surface area contributed by atoms with E-state index in [9.17, 15) is 8.78 Å². The highest BCUT2D eigenvalue weighted by Crippen LogP contribution is 2.30. The first-order chi connectivity index (χ1) is 17.0. The Kier molecular flexibility index (Phi) is 5.49. The van der Waals surface area contributed by atoms with Gasteiger partial charge in [-0.3, -0.25) is 4.90 Å². The second-order valence-corrected chi connectivity index (χ2v) is 9.19. The molecule has 3 N–H and O–H groups in total. The normalized spacial score (nSPS) is 18.1. The van der Waals surface area contributed by atoms with Crippen molar-refractivity contribution in [1.82, 2.24) is 34.0 Å². The smallest absolute Gasteiger partial charge is 0.256 e. The number of aromatic nitrogens is 6. The summed E-state index contributed by atoms with van der Waals surface area (Å²) < 4.78 is 34.6. The van der Waals surface area contributed by atoms with Gasteiger partial charge in [0.25, 0.3) is 6.43 Å². The van der Waals surface area contributed by atoms with E-state index in [1.165, 1.54) is 4.57 Å². The number of halogens is 2. The monoisotopic (exact) mass is 483 g/mol. The number of nitrogens with two attached hydrogens (primary N) is 1. The maximum absolute atomic E-state index is 13.1. The lowest BCUT2D eigenvalue weighted by molar-refractivity contribution is -0.0705. The zero-order chi connectivity index (χ0) is 24.1. The highest BCUT2D eigenvalue weighted by atomic mass is 19.3. The van der Waals surface area contributed by atoms with Crippen LogP contribution in [0.25, 0.3) is 27.9 Å². The number of ether oxygens (including phenoxy) is 1. The molecule has 6 rings (SSSR count). The summed E-state index contributed by atoms with van der Waals surface area (Å²) in [6, 6.07) is 6.29. The molecule has 0 bridgehead atoms. The molecule has 2 aliphatic heterocycles. The topological polar surface area (TPSA) is 111 Å². The third-order valence-electron chi connectivity index (χ3n) is 6.92. The number of aryl methyl sites for hydroxylation is 1. The molecular weight excluding hydrogens is 456 g/mol. The number of pyridine rings is 1. The molecule has 0 radical (unpaired) electrons. The van der Waals surface area contributed by atoms with Gasteiger partial charge in [-0.05, 0) is 38.0 Å². The van der Waals surface area contributed by atoms with Crippen LogP contribution in [0.5, 0.6) is 0 Å². The summed E-state index contributed by atoms with van der Waals surface area (Å²) in [6.45, 7) is 4.95. The molecule has 0 aliphatic carbocycles. The van der Waals surface area contributed by atoms with Crippen LogP contribution in [0.4, 0.5) is 20.5 Å². The molecule has 35 heavy (non-hydrogen) atoms. The molecule has 0 saturated carbocycles. The van der Waals surface area contributed by atoms with Crippen LogP contribution in [0.2, 0.25) is 0 Å². The van der Waals surface area contributed by atoms with E-state index in [-0.39, 0.29) is 6.04 Å². The number of hydrogen-bond acceptors (Lipinski definition) is 8. The number of imidazole rings is 1. The van der Waals surface area contributed by atoms with Crippen LogP contribution in [0.15, 0.2) is 24.4 Å². The summed E-state index contributed by atoms with van der Waals surface area (Å²) in [7, 11) is 0. The number of nitrogens with one attached hydrogen (secondary N) is 1. The first-order valence-electron chi connectivity index (χ1n) is 11.8. The standard InChI is InChI=1S/C23H27F2N9O/c1-13-27-18-3-2-17(29-22(18)33(13)10-19(24)25)16-6-9-34-20(16)21(26)30-23(31-34)28-14-4-7-32(8-5-14)15-11-35-12-15/h2-3,6,9,14-15,19H,4-5,7-8,10-12H2,1H3,(H3,26,28,30,31). The number of nitrogen functional groups attached to an aromatic ring is 1. The van der Waals surface area contributed by atoms with Crippen molar-refractivity contribution in [3.8, 4) is 11.3 Å². The molecule has 2 saturated heterocycles. The molecule has 184 valence electrons. The molecule has 6 heterocycles. The van der Waals surface area contributed by atoms with E-state index < -0.39 is 13.0 Å². The molecule has 0 atom stereocenters. The molecule has 0 unspecified atom stereocenters. The second kappa shape index (κ2) is 8.68. The van der Waals surface area contributed by atoms with Crippen LogP contribution in [0.1, 0.15) is 18.7 Å². The van der Waals surface area contributed by atoms with Gasteiger partial charge >= 0.3 is 0 Å². The summed E-state index contributed by atoms with van der Waals surface area (Å²) >= 11 is 0. The van der Waals surface area contributed by atoms with Crippen molar-refractivity contribution in [3.05, 3.63) is 30.2 Å². The lowest BCUT2D eigenvalue weighted by Gasteiger charge is -2.41. The third-order valence-corrected chi connectivity index (χ3v) is 6.92. The summed E-state index contributed by atoms with van der Waals surface area (Å²) in [6.07, 6.45) is 1.32. The Morgan fingerprint density at radius 1 is 1.14 bits per heavy atom. The minimum atomic E-state index is -2.50. The van der Waals surface area contributed by atoms with Crippen molar-refractivity contribution in [1.29, 1.82) is 0 Å². The summed E-state index contributed by atoms with van der Waals surface area (Å²) in [4.78, 5) is 16.0. The highest BCUT2D eigenvalue weighted by Gasteiger charge is 2.30.